The van der Waals surface area contributed by atoms with E-state index in [-0.39, 0.29) is 30.2 Å². The van der Waals surface area contributed by atoms with E-state index < -0.39 is 11.1 Å². The zero-order valence-corrected chi connectivity index (χ0v) is 17.8. The first kappa shape index (κ1) is 19.4. The fraction of sp³-hybridized carbons (Fsp3) is 0.381. The van der Waals surface area contributed by atoms with E-state index in [1.165, 1.54) is 11.3 Å². The van der Waals surface area contributed by atoms with Gasteiger partial charge in [0.2, 0.25) is 5.91 Å². The van der Waals surface area contributed by atoms with Gasteiger partial charge in [-0.2, -0.15) is 4.58 Å². The Hall–Kier alpha value is -2.52. The Morgan fingerprint density at radius 3 is 2.93 bits per heavy atom. The summed E-state index contributed by atoms with van der Waals surface area (Å²) in [5, 5.41) is 1.50. The summed E-state index contributed by atoms with van der Waals surface area (Å²) in [7, 11) is 0. The number of fused-ring (bicyclic) bond motifs is 3. The molecule has 2 saturated heterocycles. The quantitative estimate of drug-likeness (QED) is 0.530. The molecule has 1 aromatic heterocycles. The second-order valence-electron chi connectivity index (χ2n) is 7.92. The third-order valence-electron chi connectivity index (χ3n) is 5.93. The van der Waals surface area contributed by atoms with Crippen LogP contribution in [0.25, 0.3) is 6.08 Å². The summed E-state index contributed by atoms with van der Waals surface area (Å²) in [4.78, 5) is 54.3. The molecule has 7 nitrogen and oxygen atoms in total. The SMILES string of the molecule is O=C(CN1C(=O)S/C(=C\c2cccs2)C1=O)N1CC2CC(C1)C1=[N+](C2)C(=O)CC=C1. The van der Waals surface area contributed by atoms with Crippen LogP contribution in [0.5, 0.6) is 0 Å². The van der Waals surface area contributed by atoms with Crippen molar-refractivity contribution in [1.29, 1.82) is 0 Å². The monoisotopic (exact) mass is 442 g/mol. The number of imide groups is 1. The van der Waals surface area contributed by atoms with Crippen molar-refractivity contribution in [3.63, 3.8) is 0 Å². The van der Waals surface area contributed by atoms with E-state index >= 15 is 0 Å². The first-order chi connectivity index (χ1) is 14.5. The molecule has 4 aliphatic rings. The molecule has 5 rings (SSSR count). The molecular formula is C21H20N3O4S2+. The zero-order valence-electron chi connectivity index (χ0n) is 16.2. The summed E-state index contributed by atoms with van der Waals surface area (Å²) in [5.41, 5.74) is 0.991. The van der Waals surface area contributed by atoms with Crippen molar-refractivity contribution in [2.24, 2.45) is 11.8 Å². The third-order valence-corrected chi connectivity index (χ3v) is 7.65. The minimum absolute atomic E-state index is 0.121. The number of carbonyl (C=O) groups is 4. The normalized spacial score (nSPS) is 27.3. The Labute approximate surface area is 181 Å². The molecule has 2 atom stereocenters. The Morgan fingerprint density at radius 1 is 1.27 bits per heavy atom. The summed E-state index contributed by atoms with van der Waals surface area (Å²) in [6.07, 6.45) is 6.97. The van der Waals surface area contributed by atoms with Gasteiger partial charge < -0.3 is 4.90 Å². The highest BCUT2D eigenvalue weighted by Crippen LogP contribution is 2.34. The maximum atomic E-state index is 13.0. The molecule has 0 aromatic carbocycles. The smallest absolute Gasteiger partial charge is 0.340 e. The minimum atomic E-state index is -0.412. The maximum Gasteiger partial charge on any atom is 0.390 e. The molecule has 4 aliphatic heterocycles. The van der Waals surface area contributed by atoms with Crippen LogP contribution in [0.3, 0.4) is 0 Å². The first-order valence-electron chi connectivity index (χ1n) is 9.90. The van der Waals surface area contributed by atoms with Crippen LogP contribution in [0.2, 0.25) is 0 Å². The number of rotatable bonds is 3. The molecular weight excluding hydrogens is 422 g/mol. The number of piperidine rings is 1. The lowest BCUT2D eigenvalue weighted by Crippen LogP contribution is -2.56. The van der Waals surface area contributed by atoms with Gasteiger partial charge in [0.15, 0.2) is 12.3 Å². The van der Waals surface area contributed by atoms with Gasteiger partial charge in [-0.3, -0.25) is 19.3 Å². The van der Waals surface area contributed by atoms with Gasteiger partial charge in [0.1, 0.15) is 6.54 Å². The zero-order chi connectivity index (χ0) is 20.8. The van der Waals surface area contributed by atoms with Gasteiger partial charge >= 0.3 is 5.91 Å². The maximum absolute atomic E-state index is 13.0. The second-order valence-corrected chi connectivity index (χ2v) is 9.89. The molecule has 5 heterocycles. The molecule has 2 bridgehead atoms. The number of likely N-dealkylation sites (tertiary alicyclic amines) is 1. The third kappa shape index (κ3) is 3.45. The number of thiophene rings is 1. The van der Waals surface area contributed by atoms with Crippen molar-refractivity contribution < 1.29 is 23.8 Å². The molecule has 30 heavy (non-hydrogen) atoms. The number of thioether (sulfide) groups is 1. The van der Waals surface area contributed by atoms with Crippen LogP contribution >= 0.6 is 23.1 Å². The van der Waals surface area contributed by atoms with Crippen LogP contribution in [-0.2, 0) is 14.4 Å². The van der Waals surface area contributed by atoms with Gasteiger partial charge in [0.05, 0.1) is 17.2 Å². The number of carbonyl (C=O) groups excluding carboxylic acids is 4. The molecule has 154 valence electrons. The Morgan fingerprint density at radius 2 is 2.13 bits per heavy atom. The molecule has 0 aliphatic carbocycles. The molecule has 2 fully saturated rings. The predicted molar refractivity (Wildman–Crippen MR) is 114 cm³/mol. The highest BCUT2D eigenvalue weighted by Gasteiger charge is 2.45. The molecule has 4 amide bonds. The average molecular weight is 443 g/mol. The Kier molecular flexibility index (Phi) is 4.94. The average Bonchev–Trinajstić information content (AvgIpc) is 3.33. The van der Waals surface area contributed by atoms with E-state index in [0.29, 0.717) is 31.0 Å². The second kappa shape index (κ2) is 7.63. The topological polar surface area (TPSA) is 77.8 Å². The van der Waals surface area contributed by atoms with Crippen molar-refractivity contribution in [3.8, 4) is 0 Å². The van der Waals surface area contributed by atoms with Crippen LogP contribution < -0.4 is 0 Å². The lowest BCUT2D eigenvalue weighted by molar-refractivity contribution is -0.467. The summed E-state index contributed by atoms with van der Waals surface area (Å²) in [6.45, 7) is 1.46. The van der Waals surface area contributed by atoms with Gasteiger partial charge in [-0.15, -0.1) is 11.3 Å². The summed E-state index contributed by atoms with van der Waals surface area (Å²) in [6, 6.07) is 3.76. The van der Waals surface area contributed by atoms with Crippen molar-refractivity contribution in [2.45, 2.75) is 12.8 Å². The van der Waals surface area contributed by atoms with E-state index in [1.54, 1.807) is 11.0 Å². The van der Waals surface area contributed by atoms with Crippen LogP contribution in [0.15, 0.2) is 34.6 Å². The summed E-state index contributed by atoms with van der Waals surface area (Å²) >= 11 is 2.36. The molecule has 1 aromatic rings. The van der Waals surface area contributed by atoms with Crippen LogP contribution in [0, 0.1) is 11.8 Å². The largest absolute Gasteiger partial charge is 0.390 e. The van der Waals surface area contributed by atoms with Gasteiger partial charge in [-0.25, -0.2) is 4.79 Å². The van der Waals surface area contributed by atoms with Gasteiger partial charge in [-0.1, -0.05) is 12.1 Å². The highest BCUT2D eigenvalue weighted by molar-refractivity contribution is 8.18. The van der Waals surface area contributed by atoms with Crippen LogP contribution in [-0.4, -0.2) is 69.2 Å². The van der Waals surface area contributed by atoms with E-state index in [9.17, 15) is 19.2 Å². The predicted octanol–water partition coefficient (Wildman–Crippen LogP) is 2.20. The fourth-order valence-corrected chi connectivity index (χ4v) is 6.14. The minimum Gasteiger partial charge on any atom is -0.340 e. The van der Waals surface area contributed by atoms with Crippen molar-refractivity contribution >= 4 is 57.8 Å². The molecule has 0 N–H and O–H groups in total. The van der Waals surface area contributed by atoms with Crippen molar-refractivity contribution in [1.82, 2.24) is 9.80 Å². The van der Waals surface area contributed by atoms with Crippen LogP contribution in [0.4, 0.5) is 4.79 Å². The number of amides is 4. The molecule has 9 heteroatoms. The number of hydrogen-bond donors (Lipinski definition) is 0. The lowest BCUT2D eigenvalue weighted by atomic mass is 9.81. The summed E-state index contributed by atoms with van der Waals surface area (Å²) < 4.78 is 1.87. The van der Waals surface area contributed by atoms with E-state index in [2.05, 4.69) is 0 Å². The lowest BCUT2D eigenvalue weighted by Gasteiger charge is -2.39. The fourth-order valence-electron chi connectivity index (χ4n) is 4.57. The number of nitrogens with zero attached hydrogens (tertiary/aromatic N) is 3. The standard InChI is InChI=1S/C21H20N3O4S2/c25-18-5-1-4-16-14-7-13(10-23(16)18)9-22(11-14)19(26)12-24-20(27)17(30-21(24)28)8-15-3-2-6-29-15/h1-4,6,8,13-14H,5,7,9-12H2/q+1/b17-8-. The van der Waals surface area contributed by atoms with E-state index in [1.807, 2.05) is 34.2 Å². The Bertz CT molecular complexity index is 1040. The molecule has 2 unspecified atom stereocenters. The number of hydrogen-bond acceptors (Lipinski definition) is 6. The Balaban J connectivity index is 1.29. The van der Waals surface area contributed by atoms with E-state index in [4.69, 9.17) is 0 Å². The van der Waals surface area contributed by atoms with Gasteiger partial charge in [0, 0.05) is 30.0 Å². The van der Waals surface area contributed by atoms with Crippen LogP contribution in [0.1, 0.15) is 17.7 Å². The van der Waals surface area contributed by atoms with E-state index in [0.717, 1.165) is 33.7 Å². The van der Waals surface area contributed by atoms with Gasteiger partial charge in [0.25, 0.3) is 11.1 Å². The molecule has 0 saturated carbocycles. The van der Waals surface area contributed by atoms with Crippen molar-refractivity contribution in [3.05, 3.63) is 39.4 Å². The molecule has 0 spiro atoms. The highest BCUT2D eigenvalue weighted by atomic mass is 32.2. The van der Waals surface area contributed by atoms with Gasteiger partial charge in [-0.05, 0) is 35.7 Å². The number of allylic oxidation sites excluding steroid dienone is 1. The van der Waals surface area contributed by atoms with Crippen molar-refractivity contribution in [2.75, 3.05) is 26.2 Å². The summed E-state index contributed by atoms with van der Waals surface area (Å²) in [5.74, 6) is -0.164. The first-order valence-corrected chi connectivity index (χ1v) is 11.6. The molecule has 0 radical (unpaired) electrons.